The van der Waals surface area contributed by atoms with Crippen LogP contribution in [0.3, 0.4) is 0 Å². The first-order chi connectivity index (χ1) is 8.13. The van der Waals surface area contributed by atoms with Crippen molar-refractivity contribution in [2.75, 3.05) is 6.61 Å². The summed E-state index contributed by atoms with van der Waals surface area (Å²) in [6, 6.07) is 4.30. The van der Waals surface area contributed by atoms with Crippen molar-refractivity contribution in [3.8, 4) is 0 Å². The Balaban J connectivity index is 2.44. The first-order valence-corrected chi connectivity index (χ1v) is 6.17. The van der Waals surface area contributed by atoms with Crippen LogP contribution >= 0.6 is 0 Å². The van der Waals surface area contributed by atoms with E-state index in [0.29, 0.717) is 6.61 Å². The van der Waals surface area contributed by atoms with Crippen molar-refractivity contribution in [1.29, 1.82) is 0 Å². The fourth-order valence-corrected chi connectivity index (χ4v) is 2.49. The third-order valence-corrected chi connectivity index (χ3v) is 3.35. The van der Waals surface area contributed by atoms with Gasteiger partial charge in [-0.25, -0.2) is 4.79 Å². The molecule has 1 aliphatic rings. The van der Waals surface area contributed by atoms with E-state index in [-0.39, 0.29) is 12.0 Å². The normalized spacial score (nSPS) is 18.6. The van der Waals surface area contributed by atoms with Gasteiger partial charge in [0.1, 0.15) is 0 Å². The Hall–Kier alpha value is -1.35. The van der Waals surface area contributed by atoms with E-state index < -0.39 is 0 Å². The molecule has 0 saturated heterocycles. The Bertz CT molecular complexity index is 440. The summed E-state index contributed by atoms with van der Waals surface area (Å²) in [5.41, 5.74) is 10.1. The number of ether oxygens (including phenoxy) is 1. The summed E-state index contributed by atoms with van der Waals surface area (Å²) in [5, 5.41) is 0. The van der Waals surface area contributed by atoms with Crippen LogP contribution in [0.1, 0.15) is 40.4 Å². The molecular formula is C14H19NO2. The lowest BCUT2D eigenvalue weighted by Crippen LogP contribution is -2.29. The van der Waals surface area contributed by atoms with Gasteiger partial charge in [-0.05, 0) is 49.8 Å². The van der Waals surface area contributed by atoms with Crippen molar-refractivity contribution in [2.45, 2.75) is 39.2 Å². The van der Waals surface area contributed by atoms with E-state index in [1.165, 1.54) is 5.56 Å². The Morgan fingerprint density at radius 2 is 2.29 bits per heavy atom. The average Bonchev–Trinajstić information content (AvgIpc) is 2.29. The molecule has 1 atom stereocenters. The molecule has 1 aromatic carbocycles. The van der Waals surface area contributed by atoms with E-state index >= 15 is 0 Å². The fraction of sp³-hybridized carbons (Fsp3) is 0.500. The number of nitrogens with two attached hydrogens (primary N) is 1. The average molecular weight is 233 g/mol. The highest BCUT2D eigenvalue weighted by Gasteiger charge is 2.23. The van der Waals surface area contributed by atoms with Crippen LogP contribution in [-0.4, -0.2) is 18.6 Å². The van der Waals surface area contributed by atoms with Gasteiger partial charge >= 0.3 is 5.97 Å². The number of carbonyl (C=O) groups excluding carboxylic acids is 1. The van der Waals surface area contributed by atoms with Crippen LogP contribution < -0.4 is 5.73 Å². The molecule has 0 fully saturated rings. The first kappa shape index (κ1) is 12.1. The number of hydrogen-bond donors (Lipinski definition) is 1. The molecule has 2 N–H and O–H groups in total. The first-order valence-electron chi connectivity index (χ1n) is 6.17. The molecule has 17 heavy (non-hydrogen) atoms. The summed E-state index contributed by atoms with van der Waals surface area (Å²) in [7, 11) is 0. The van der Waals surface area contributed by atoms with E-state index in [1.54, 1.807) is 0 Å². The van der Waals surface area contributed by atoms with Crippen LogP contribution in [0.25, 0.3) is 0 Å². The molecule has 0 saturated carbocycles. The summed E-state index contributed by atoms with van der Waals surface area (Å²) in [4.78, 5) is 12.0. The van der Waals surface area contributed by atoms with Crippen LogP contribution in [-0.2, 0) is 17.6 Å². The molecule has 92 valence electrons. The van der Waals surface area contributed by atoms with Crippen LogP contribution in [0.2, 0.25) is 0 Å². The zero-order valence-electron chi connectivity index (χ0n) is 10.5. The van der Waals surface area contributed by atoms with E-state index in [0.717, 1.165) is 36.0 Å². The molecule has 0 heterocycles. The maximum Gasteiger partial charge on any atom is 0.338 e. The molecule has 1 aromatic rings. The molecule has 0 spiro atoms. The second-order valence-electron chi connectivity index (χ2n) is 4.62. The Morgan fingerprint density at radius 1 is 1.53 bits per heavy atom. The molecule has 0 amide bonds. The van der Waals surface area contributed by atoms with Crippen LogP contribution in [0.15, 0.2) is 12.1 Å². The summed E-state index contributed by atoms with van der Waals surface area (Å²) >= 11 is 0. The van der Waals surface area contributed by atoms with E-state index in [2.05, 4.69) is 6.07 Å². The van der Waals surface area contributed by atoms with Gasteiger partial charge < -0.3 is 10.5 Å². The molecule has 3 heteroatoms. The highest BCUT2D eigenvalue weighted by Crippen LogP contribution is 2.27. The van der Waals surface area contributed by atoms with Crippen molar-refractivity contribution in [1.82, 2.24) is 0 Å². The summed E-state index contributed by atoms with van der Waals surface area (Å²) in [5.74, 6) is -0.197. The van der Waals surface area contributed by atoms with Gasteiger partial charge in [-0.3, -0.25) is 0 Å². The standard InChI is InChI=1S/C14H19NO2/c1-3-17-14(16)13-9(2)4-5-10-8-11(15)6-7-12(10)13/h4-5,11H,3,6-8,15H2,1-2H3. The number of benzene rings is 1. The smallest absolute Gasteiger partial charge is 0.338 e. The number of hydrogen-bond acceptors (Lipinski definition) is 3. The zero-order valence-corrected chi connectivity index (χ0v) is 10.5. The number of fused-ring (bicyclic) bond motifs is 1. The summed E-state index contributed by atoms with van der Waals surface area (Å²) < 4.78 is 5.13. The maximum absolute atomic E-state index is 12.0. The number of rotatable bonds is 2. The second-order valence-corrected chi connectivity index (χ2v) is 4.62. The van der Waals surface area contributed by atoms with Crippen molar-refractivity contribution >= 4 is 5.97 Å². The SMILES string of the molecule is CCOC(=O)c1c(C)ccc2c1CCC(N)C2. The molecular weight excluding hydrogens is 214 g/mol. The van der Waals surface area contributed by atoms with Crippen LogP contribution in [0.5, 0.6) is 0 Å². The van der Waals surface area contributed by atoms with Crippen molar-refractivity contribution < 1.29 is 9.53 Å². The quantitative estimate of drug-likeness (QED) is 0.795. The van der Waals surface area contributed by atoms with Gasteiger partial charge in [0.2, 0.25) is 0 Å². The van der Waals surface area contributed by atoms with Gasteiger partial charge in [0.15, 0.2) is 0 Å². The van der Waals surface area contributed by atoms with E-state index in [9.17, 15) is 4.79 Å². The topological polar surface area (TPSA) is 52.3 Å². The maximum atomic E-state index is 12.0. The molecule has 2 rings (SSSR count). The largest absolute Gasteiger partial charge is 0.462 e. The summed E-state index contributed by atoms with van der Waals surface area (Å²) in [6.45, 7) is 4.21. The van der Waals surface area contributed by atoms with Crippen molar-refractivity contribution in [2.24, 2.45) is 5.73 Å². The van der Waals surface area contributed by atoms with Gasteiger partial charge in [-0.15, -0.1) is 0 Å². The molecule has 1 aliphatic carbocycles. The Kier molecular flexibility index (Phi) is 3.48. The van der Waals surface area contributed by atoms with Crippen LogP contribution in [0, 0.1) is 6.92 Å². The van der Waals surface area contributed by atoms with Gasteiger partial charge in [0.05, 0.1) is 12.2 Å². The van der Waals surface area contributed by atoms with E-state index in [1.807, 2.05) is 19.9 Å². The van der Waals surface area contributed by atoms with E-state index in [4.69, 9.17) is 10.5 Å². The van der Waals surface area contributed by atoms with Crippen molar-refractivity contribution in [3.05, 3.63) is 34.4 Å². The minimum Gasteiger partial charge on any atom is -0.462 e. The minimum atomic E-state index is -0.197. The highest BCUT2D eigenvalue weighted by atomic mass is 16.5. The molecule has 0 aliphatic heterocycles. The monoisotopic (exact) mass is 233 g/mol. The predicted octanol–water partition coefficient (Wildman–Crippen LogP) is 1.99. The summed E-state index contributed by atoms with van der Waals surface area (Å²) in [6.07, 6.45) is 2.69. The molecule has 1 unspecified atom stereocenters. The van der Waals surface area contributed by atoms with Crippen molar-refractivity contribution in [3.63, 3.8) is 0 Å². The molecule has 0 radical (unpaired) electrons. The number of esters is 1. The number of carbonyl (C=O) groups is 1. The third-order valence-electron chi connectivity index (χ3n) is 3.35. The van der Waals surface area contributed by atoms with Gasteiger partial charge in [-0.2, -0.15) is 0 Å². The fourth-order valence-electron chi connectivity index (χ4n) is 2.49. The van der Waals surface area contributed by atoms with Gasteiger partial charge in [0.25, 0.3) is 0 Å². The molecule has 3 nitrogen and oxygen atoms in total. The van der Waals surface area contributed by atoms with Gasteiger partial charge in [-0.1, -0.05) is 12.1 Å². The number of aryl methyl sites for hydroxylation is 1. The lowest BCUT2D eigenvalue weighted by atomic mass is 9.84. The lowest BCUT2D eigenvalue weighted by molar-refractivity contribution is 0.0523. The van der Waals surface area contributed by atoms with Crippen LogP contribution in [0.4, 0.5) is 0 Å². The lowest BCUT2D eigenvalue weighted by Gasteiger charge is -2.24. The van der Waals surface area contributed by atoms with Gasteiger partial charge in [0, 0.05) is 6.04 Å². The highest BCUT2D eigenvalue weighted by molar-refractivity contribution is 5.93. The second kappa shape index (κ2) is 4.88. The predicted molar refractivity (Wildman–Crippen MR) is 67.1 cm³/mol. The minimum absolute atomic E-state index is 0.197. The zero-order chi connectivity index (χ0) is 12.4. The Morgan fingerprint density at radius 3 is 3.00 bits per heavy atom. The molecule has 0 bridgehead atoms. The molecule has 0 aromatic heterocycles. The Labute approximate surface area is 102 Å². The third kappa shape index (κ3) is 2.34.